The van der Waals surface area contributed by atoms with Crippen molar-refractivity contribution in [1.82, 2.24) is 14.9 Å². The number of carbonyl (C=O) groups is 1. The minimum atomic E-state index is 0. The minimum absolute atomic E-state index is 0. The largest absolute Gasteiger partial charge is 0.384 e. The van der Waals surface area contributed by atoms with Crippen molar-refractivity contribution in [2.75, 3.05) is 24.1 Å². The van der Waals surface area contributed by atoms with Gasteiger partial charge in [-0.1, -0.05) is 6.07 Å². The number of nitrogens with two attached hydrogens (primary N) is 1. The Morgan fingerprint density at radius 3 is 2.84 bits per heavy atom. The Hall–Kier alpha value is -2.34. The lowest BCUT2D eigenvalue weighted by atomic mass is 10.1. The first-order valence-electron chi connectivity index (χ1n) is 8.35. The molecule has 3 heterocycles. The molecule has 2 aromatic rings. The number of rotatable bonds is 4. The Morgan fingerprint density at radius 1 is 1.24 bits per heavy atom. The van der Waals surface area contributed by atoms with Crippen LogP contribution in [-0.2, 0) is 11.2 Å². The van der Waals surface area contributed by atoms with Crippen LogP contribution < -0.4 is 11.1 Å². The van der Waals surface area contributed by atoms with E-state index in [0.717, 1.165) is 43.6 Å². The smallest absolute Gasteiger partial charge is 0.227 e. The number of halogens is 1. The van der Waals surface area contributed by atoms with Crippen molar-refractivity contribution < 1.29 is 4.79 Å². The van der Waals surface area contributed by atoms with Crippen LogP contribution in [0.15, 0.2) is 42.9 Å². The monoisotopic (exact) mass is 361 g/mol. The zero-order valence-corrected chi connectivity index (χ0v) is 14.9. The molecule has 1 atom stereocenters. The first-order chi connectivity index (χ1) is 11.7. The molecule has 3 N–H and O–H groups in total. The number of likely N-dealkylation sites (tertiary alicyclic amines) is 1. The Bertz CT molecular complexity index is 665. The van der Waals surface area contributed by atoms with Gasteiger partial charge in [-0.2, -0.15) is 0 Å². The number of nitrogens with zero attached hydrogens (tertiary/aromatic N) is 3. The highest BCUT2D eigenvalue weighted by molar-refractivity contribution is 5.85. The second kappa shape index (κ2) is 9.22. The van der Waals surface area contributed by atoms with Crippen LogP contribution in [0.3, 0.4) is 0 Å². The summed E-state index contributed by atoms with van der Waals surface area (Å²) in [5.74, 6) is 0.700. The molecular formula is C18H24ClN5O. The second-order valence-corrected chi connectivity index (χ2v) is 6.16. The number of hydrogen-bond acceptors (Lipinski definition) is 5. The van der Waals surface area contributed by atoms with Crippen LogP contribution in [0.25, 0.3) is 0 Å². The molecule has 7 heteroatoms. The van der Waals surface area contributed by atoms with E-state index in [1.807, 2.05) is 23.1 Å². The van der Waals surface area contributed by atoms with Crippen molar-refractivity contribution in [2.45, 2.75) is 31.7 Å². The van der Waals surface area contributed by atoms with Gasteiger partial charge in [0.2, 0.25) is 5.91 Å². The van der Waals surface area contributed by atoms with Crippen molar-refractivity contribution in [3.8, 4) is 0 Å². The highest BCUT2D eigenvalue weighted by Crippen LogP contribution is 2.17. The minimum Gasteiger partial charge on any atom is -0.384 e. The predicted molar refractivity (Wildman–Crippen MR) is 102 cm³/mol. The average Bonchev–Trinajstić information content (AvgIpc) is 2.83. The van der Waals surface area contributed by atoms with Gasteiger partial charge in [0.25, 0.3) is 0 Å². The lowest BCUT2D eigenvalue weighted by Crippen LogP contribution is -2.33. The summed E-state index contributed by atoms with van der Waals surface area (Å²) in [6, 6.07) is 7.90. The van der Waals surface area contributed by atoms with E-state index in [4.69, 9.17) is 5.73 Å². The van der Waals surface area contributed by atoms with E-state index < -0.39 is 0 Å². The zero-order chi connectivity index (χ0) is 16.8. The third kappa shape index (κ3) is 5.60. The molecule has 0 bridgehead atoms. The first-order valence-corrected chi connectivity index (χ1v) is 8.35. The number of nitrogen functional groups attached to an aromatic ring is 1. The molecule has 0 aliphatic carbocycles. The third-order valence-corrected chi connectivity index (χ3v) is 4.32. The van der Waals surface area contributed by atoms with Gasteiger partial charge in [-0.05, 0) is 43.0 Å². The molecule has 1 saturated heterocycles. The summed E-state index contributed by atoms with van der Waals surface area (Å²) in [4.78, 5) is 22.6. The number of amides is 1. The number of aromatic nitrogens is 2. The lowest BCUT2D eigenvalue weighted by molar-refractivity contribution is -0.130. The Labute approximate surface area is 154 Å². The standard InChI is InChI=1S/C18H23N5O.ClH/c19-17-6-5-16(13-21-17)22-15-4-2-9-23(10-7-15)18(24)11-14-3-1-8-20-12-14;/h1,3,5-6,8,12-13,15,22H,2,4,7,9-11H2,(H2,19,21);1H. The summed E-state index contributed by atoms with van der Waals surface area (Å²) >= 11 is 0. The van der Waals surface area contributed by atoms with E-state index in [0.29, 0.717) is 18.3 Å². The normalized spacial score (nSPS) is 17.3. The molecule has 0 spiro atoms. The number of nitrogens with one attached hydrogen (secondary N) is 1. The van der Waals surface area contributed by atoms with Gasteiger partial charge in [0.15, 0.2) is 0 Å². The Balaban J connectivity index is 0.00000225. The summed E-state index contributed by atoms with van der Waals surface area (Å²) in [6.07, 6.45) is 8.64. The first kappa shape index (κ1) is 19.0. The summed E-state index contributed by atoms with van der Waals surface area (Å²) in [5, 5.41) is 3.49. The number of hydrogen-bond donors (Lipinski definition) is 2. The molecule has 1 aliphatic heterocycles. The fraction of sp³-hybridized carbons (Fsp3) is 0.389. The molecule has 25 heavy (non-hydrogen) atoms. The van der Waals surface area contributed by atoms with E-state index in [9.17, 15) is 4.79 Å². The highest BCUT2D eigenvalue weighted by Gasteiger charge is 2.20. The molecule has 6 nitrogen and oxygen atoms in total. The van der Waals surface area contributed by atoms with Gasteiger partial charge in [0.1, 0.15) is 5.82 Å². The highest BCUT2D eigenvalue weighted by atomic mass is 35.5. The third-order valence-electron chi connectivity index (χ3n) is 4.32. The maximum atomic E-state index is 12.5. The molecule has 0 radical (unpaired) electrons. The predicted octanol–water partition coefficient (Wildman–Crippen LogP) is 2.52. The van der Waals surface area contributed by atoms with Crippen LogP contribution in [0.2, 0.25) is 0 Å². The summed E-state index contributed by atoms with van der Waals surface area (Å²) in [6.45, 7) is 1.59. The molecule has 1 amide bonds. The molecule has 1 fully saturated rings. The van der Waals surface area contributed by atoms with Gasteiger partial charge in [-0.15, -0.1) is 12.4 Å². The maximum Gasteiger partial charge on any atom is 0.227 e. The van der Waals surface area contributed by atoms with Gasteiger partial charge < -0.3 is 16.0 Å². The topological polar surface area (TPSA) is 84.1 Å². The van der Waals surface area contributed by atoms with Crippen molar-refractivity contribution in [1.29, 1.82) is 0 Å². The van der Waals surface area contributed by atoms with Crippen LogP contribution in [0.5, 0.6) is 0 Å². The number of carbonyl (C=O) groups excluding carboxylic acids is 1. The van der Waals surface area contributed by atoms with Crippen molar-refractivity contribution in [3.63, 3.8) is 0 Å². The van der Waals surface area contributed by atoms with Crippen molar-refractivity contribution in [3.05, 3.63) is 48.4 Å². The molecule has 3 rings (SSSR count). The molecular weight excluding hydrogens is 338 g/mol. The van der Waals surface area contributed by atoms with Crippen LogP contribution in [0, 0.1) is 0 Å². The second-order valence-electron chi connectivity index (χ2n) is 6.16. The van der Waals surface area contributed by atoms with E-state index in [-0.39, 0.29) is 18.3 Å². The van der Waals surface area contributed by atoms with Crippen molar-refractivity contribution >= 4 is 29.8 Å². The van der Waals surface area contributed by atoms with Crippen LogP contribution in [-0.4, -0.2) is 39.9 Å². The van der Waals surface area contributed by atoms with Gasteiger partial charge in [0, 0.05) is 31.5 Å². The van der Waals surface area contributed by atoms with E-state index >= 15 is 0 Å². The van der Waals surface area contributed by atoms with Gasteiger partial charge >= 0.3 is 0 Å². The van der Waals surface area contributed by atoms with E-state index in [1.54, 1.807) is 24.7 Å². The van der Waals surface area contributed by atoms with Crippen LogP contribution in [0.4, 0.5) is 11.5 Å². The van der Waals surface area contributed by atoms with E-state index in [2.05, 4.69) is 15.3 Å². The van der Waals surface area contributed by atoms with Gasteiger partial charge in [-0.25, -0.2) is 4.98 Å². The fourth-order valence-electron chi connectivity index (χ4n) is 3.01. The van der Waals surface area contributed by atoms with Crippen LogP contribution >= 0.6 is 12.4 Å². The number of pyridine rings is 2. The molecule has 1 unspecified atom stereocenters. The molecule has 0 aromatic carbocycles. The van der Waals surface area contributed by atoms with Crippen LogP contribution in [0.1, 0.15) is 24.8 Å². The SMILES string of the molecule is Cl.Nc1ccc(NC2CCCN(C(=O)Cc3cccnc3)CC2)cn1. The Morgan fingerprint density at radius 2 is 2.12 bits per heavy atom. The maximum absolute atomic E-state index is 12.5. The molecule has 2 aromatic heterocycles. The Kier molecular flexibility index (Phi) is 7.01. The van der Waals surface area contributed by atoms with Crippen molar-refractivity contribution in [2.24, 2.45) is 0 Å². The average molecular weight is 362 g/mol. The van der Waals surface area contributed by atoms with Gasteiger partial charge in [0.05, 0.1) is 18.3 Å². The van der Waals surface area contributed by atoms with E-state index in [1.165, 1.54) is 0 Å². The summed E-state index contributed by atoms with van der Waals surface area (Å²) < 4.78 is 0. The zero-order valence-electron chi connectivity index (χ0n) is 14.1. The molecule has 134 valence electrons. The summed E-state index contributed by atoms with van der Waals surface area (Å²) in [5.41, 5.74) is 7.56. The lowest BCUT2D eigenvalue weighted by Gasteiger charge is -2.21. The summed E-state index contributed by atoms with van der Waals surface area (Å²) in [7, 11) is 0. The quantitative estimate of drug-likeness (QED) is 0.874. The van der Waals surface area contributed by atoms with Gasteiger partial charge in [-0.3, -0.25) is 9.78 Å². The molecule has 1 aliphatic rings. The number of anilines is 2. The molecule has 0 saturated carbocycles. The fourth-order valence-corrected chi connectivity index (χ4v) is 3.01.